The van der Waals surface area contributed by atoms with E-state index in [0.717, 1.165) is 10.2 Å². The van der Waals surface area contributed by atoms with Crippen LogP contribution in [0.4, 0.5) is 5.13 Å². The number of aromatic amines is 1. The van der Waals surface area contributed by atoms with E-state index in [2.05, 4.69) is 10.1 Å². The lowest BCUT2D eigenvalue weighted by Crippen LogP contribution is -2.37. The first-order valence-electron chi connectivity index (χ1n) is 10.0. The lowest BCUT2D eigenvalue weighted by atomic mass is 9.99. The largest absolute Gasteiger partial charge is 0.454 e. The van der Waals surface area contributed by atoms with Crippen molar-refractivity contribution in [1.82, 2.24) is 19.7 Å². The fraction of sp³-hybridized carbons (Fsp3) is 0.0909. The maximum Gasteiger partial charge on any atom is 0.349 e. The summed E-state index contributed by atoms with van der Waals surface area (Å²) in [4.78, 5) is 44.5. The highest BCUT2D eigenvalue weighted by atomic mass is 35.5. The summed E-state index contributed by atoms with van der Waals surface area (Å²) >= 11 is 14.2. The molecule has 0 radical (unpaired) electrons. The SMILES string of the molecule is N#Cc1nn(-c2cc(Cl)c(Oc3ccc4c(c3)CCN(c3nccs3)C4=O)c(Cl)c2)c(=O)[nH]c1=O. The zero-order valence-corrected chi connectivity index (χ0v) is 19.8. The molecule has 4 aromatic rings. The van der Waals surface area contributed by atoms with Crippen LogP contribution in [0, 0.1) is 11.3 Å². The second-order valence-electron chi connectivity index (χ2n) is 7.31. The molecule has 3 heterocycles. The number of thiazole rings is 1. The Labute approximate surface area is 210 Å². The topological polar surface area (TPSA) is 134 Å². The van der Waals surface area contributed by atoms with Crippen LogP contribution < -0.4 is 20.9 Å². The average Bonchev–Trinajstić information content (AvgIpc) is 3.36. The van der Waals surface area contributed by atoms with E-state index in [4.69, 9.17) is 33.2 Å². The van der Waals surface area contributed by atoms with Gasteiger partial charge < -0.3 is 4.74 Å². The Hall–Kier alpha value is -3.98. The summed E-state index contributed by atoms with van der Waals surface area (Å²) in [5.74, 6) is 0.409. The number of carbonyl (C=O) groups is 1. The number of hydrogen-bond acceptors (Lipinski definition) is 8. The molecule has 0 spiro atoms. The van der Waals surface area contributed by atoms with Crippen molar-refractivity contribution in [1.29, 1.82) is 5.26 Å². The lowest BCUT2D eigenvalue weighted by Gasteiger charge is -2.26. The number of hydrogen-bond donors (Lipinski definition) is 1. The molecule has 0 fully saturated rings. The van der Waals surface area contributed by atoms with Gasteiger partial charge in [-0.1, -0.05) is 23.2 Å². The fourth-order valence-electron chi connectivity index (χ4n) is 3.59. The minimum Gasteiger partial charge on any atom is -0.454 e. The Bertz CT molecular complexity index is 1620. The summed E-state index contributed by atoms with van der Waals surface area (Å²) in [6.45, 7) is 0.491. The molecule has 0 unspecified atom stereocenters. The smallest absolute Gasteiger partial charge is 0.349 e. The molecule has 10 nitrogen and oxygen atoms in total. The van der Waals surface area contributed by atoms with Gasteiger partial charge >= 0.3 is 5.69 Å². The summed E-state index contributed by atoms with van der Waals surface area (Å²) in [6.07, 6.45) is 2.27. The molecule has 0 saturated carbocycles. The molecule has 35 heavy (non-hydrogen) atoms. The van der Waals surface area contributed by atoms with E-state index in [-0.39, 0.29) is 27.4 Å². The molecular formula is C22H12Cl2N6O4S. The molecule has 5 rings (SSSR count). The van der Waals surface area contributed by atoms with Gasteiger partial charge in [-0.2, -0.15) is 9.94 Å². The quantitative estimate of drug-likeness (QED) is 0.429. The van der Waals surface area contributed by atoms with Crippen molar-refractivity contribution in [2.45, 2.75) is 6.42 Å². The number of H-pyrrole nitrogens is 1. The Kier molecular flexibility index (Phi) is 5.86. The molecule has 174 valence electrons. The van der Waals surface area contributed by atoms with E-state index in [1.165, 1.54) is 23.5 Å². The van der Waals surface area contributed by atoms with E-state index in [9.17, 15) is 14.4 Å². The monoisotopic (exact) mass is 526 g/mol. The van der Waals surface area contributed by atoms with Crippen LogP contribution in [0.1, 0.15) is 21.6 Å². The first-order valence-corrected chi connectivity index (χ1v) is 11.6. The van der Waals surface area contributed by atoms with Crippen molar-refractivity contribution in [2.75, 3.05) is 11.4 Å². The standard InChI is InChI=1S/C22H12Cl2N6O4S/c23-15-8-12(30-21(33)27-19(31)17(10-25)28-30)9-16(24)18(15)34-13-1-2-14-11(7-13)3-5-29(20(14)32)22-26-4-6-35-22/h1-2,4,6-9H,3,5H2,(H,27,31,33). The number of aromatic nitrogens is 4. The number of nitrogens with one attached hydrogen (secondary N) is 1. The summed E-state index contributed by atoms with van der Waals surface area (Å²) in [6, 6.07) is 9.40. The van der Waals surface area contributed by atoms with E-state index < -0.39 is 16.9 Å². The highest BCUT2D eigenvalue weighted by molar-refractivity contribution is 7.13. The number of benzene rings is 2. The van der Waals surface area contributed by atoms with Gasteiger partial charge in [-0.05, 0) is 42.3 Å². The van der Waals surface area contributed by atoms with Gasteiger partial charge in [-0.25, -0.2) is 9.78 Å². The van der Waals surface area contributed by atoms with Crippen molar-refractivity contribution in [3.05, 3.63) is 89.6 Å². The van der Waals surface area contributed by atoms with Crippen LogP contribution in [0.15, 0.2) is 51.5 Å². The zero-order valence-electron chi connectivity index (χ0n) is 17.5. The first-order chi connectivity index (χ1) is 16.9. The maximum atomic E-state index is 12.9. The minimum atomic E-state index is -0.897. The van der Waals surface area contributed by atoms with E-state index in [1.54, 1.807) is 35.4 Å². The summed E-state index contributed by atoms with van der Waals surface area (Å²) in [5.41, 5.74) is -0.745. The second kappa shape index (κ2) is 8.99. The van der Waals surface area contributed by atoms with Gasteiger partial charge in [-0.3, -0.25) is 19.5 Å². The molecule has 0 saturated heterocycles. The third kappa shape index (κ3) is 4.19. The predicted molar refractivity (Wildman–Crippen MR) is 129 cm³/mol. The molecule has 2 aromatic carbocycles. The maximum absolute atomic E-state index is 12.9. The molecule has 13 heteroatoms. The number of rotatable bonds is 4. The van der Waals surface area contributed by atoms with Gasteiger partial charge in [-0.15, -0.1) is 16.4 Å². The number of halogens is 2. The van der Waals surface area contributed by atoms with Crippen LogP contribution in [-0.2, 0) is 6.42 Å². The van der Waals surface area contributed by atoms with Crippen molar-refractivity contribution in [3.8, 4) is 23.3 Å². The number of fused-ring (bicyclic) bond motifs is 1. The van der Waals surface area contributed by atoms with Gasteiger partial charge in [0.2, 0.25) is 5.69 Å². The highest BCUT2D eigenvalue weighted by Crippen LogP contribution is 2.39. The third-order valence-electron chi connectivity index (χ3n) is 5.19. The van der Waals surface area contributed by atoms with Gasteiger partial charge in [0.05, 0.1) is 15.7 Å². The number of carbonyl (C=O) groups excluding carboxylic acids is 1. The highest BCUT2D eigenvalue weighted by Gasteiger charge is 2.27. The molecule has 2 aromatic heterocycles. The molecule has 0 aliphatic carbocycles. The Morgan fingerprint density at radius 2 is 1.91 bits per heavy atom. The van der Waals surface area contributed by atoms with Crippen LogP contribution in [0.2, 0.25) is 10.0 Å². The molecule has 1 aliphatic heterocycles. The normalized spacial score (nSPS) is 12.8. The van der Waals surface area contributed by atoms with Crippen LogP contribution in [-0.4, -0.2) is 32.2 Å². The van der Waals surface area contributed by atoms with E-state index in [0.29, 0.717) is 29.4 Å². The van der Waals surface area contributed by atoms with Gasteiger partial charge in [0, 0.05) is 23.7 Å². The van der Waals surface area contributed by atoms with Crippen molar-refractivity contribution < 1.29 is 9.53 Å². The number of anilines is 1. The minimum absolute atomic E-state index is 0.0645. The van der Waals surface area contributed by atoms with Crippen molar-refractivity contribution >= 4 is 45.6 Å². The molecule has 1 N–H and O–H groups in total. The number of amides is 1. The zero-order chi connectivity index (χ0) is 24.7. The van der Waals surface area contributed by atoms with Crippen molar-refractivity contribution in [3.63, 3.8) is 0 Å². The Morgan fingerprint density at radius 1 is 1.14 bits per heavy atom. The number of nitrogens with zero attached hydrogens (tertiary/aromatic N) is 5. The van der Waals surface area contributed by atoms with Crippen LogP contribution >= 0.6 is 34.5 Å². The van der Waals surface area contributed by atoms with E-state index >= 15 is 0 Å². The predicted octanol–water partition coefficient (Wildman–Crippen LogP) is 3.55. The first kappa shape index (κ1) is 22.8. The number of ether oxygens (including phenoxy) is 1. The van der Waals surface area contributed by atoms with E-state index in [1.807, 2.05) is 10.4 Å². The Morgan fingerprint density at radius 3 is 2.60 bits per heavy atom. The molecule has 1 aliphatic rings. The summed E-state index contributed by atoms with van der Waals surface area (Å²) in [5, 5.41) is 15.4. The van der Waals surface area contributed by atoms with Gasteiger partial charge in [0.1, 0.15) is 11.8 Å². The third-order valence-corrected chi connectivity index (χ3v) is 6.54. The second-order valence-corrected chi connectivity index (χ2v) is 9.00. The Balaban J connectivity index is 1.44. The average molecular weight is 527 g/mol. The summed E-state index contributed by atoms with van der Waals surface area (Å²) in [7, 11) is 0. The molecule has 1 amide bonds. The van der Waals surface area contributed by atoms with Crippen LogP contribution in [0.3, 0.4) is 0 Å². The van der Waals surface area contributed by atoms with Crippen LogP contribution in [0.25, 0.3) is 5.69 Å². The molecular weight excluding hydrogens is 515 g/mol. The van der Waals surface area contributed by atoms with Crippen molar-refractivity contribution in [2.24, 2.45) is 0 Å². The fourth-order valence-corrected chi connectivity index (χ4v) is 4.81. The molecule has 0 atom stereocenters. The summed E-state index contributed by atoms with van der Waals surface area (Å²) < 4.78 is 6.71. The van der Waals surface area contributed by atoms with Gasteiger partial charge in [0.25, 0.3) is 11.5 Å². The molecule has 0 bridgehead atoms. The van der Waals surface area contributed by atoms with Crippen LogP contribution in [0.5, 0.6) is 11.5 Å². The van der Waals surface area contributed by atoms with Gasteiger partial charge in [0.15, 0.2) is 10.9 Å². The number of nitriles is 1. The lowest BCUT2D eigenvalue weighted by molar-refractivity contribution is 0.0980.